The number of hydrogen-bond donors (Lipinski definition) is 0. The minimum atomic E-state index is -3.95. The summed E-state index contributed by atoms with van der Waals surface area (Å²) in [5.74, 6) is -1.23. The van der Waals surface area contributed by atoms with Crippen molar-refractivity contribution in [3.05, 3.63) is 89.4 Å². The van der Waals surface area contributed by atoms with Crippen molar-refractivity contribution in [2.45, 2.75) is 4.90 Å². The number of carbonyl (C=O) groups is 2. The Morgan fingerprint density at radius 3 is 2.22 bits per heavy atom. The van der Waals surface area contributed by atoms with Crippen molar-refractivity contribution in [2.24, 2.45) is 0 Å². The fraction of sp³-hybridized carbons (Fsp3) is 0.130. The monoisotopic (exact) mass is 472 g/mol. The number of sulfonamides is 1. The highest BCUT2D eigenvalue weighted by molar-refractivity contribution is 7.92. The second kappa shape index (κ2) is 9.84. The average Bonchev–Trinajstić information content (AvgIpc) is 2.81. The third-order valence-corrected chi connectivity index (χ3v) is 6.76. The number of likely N-dealkylation sites (N-methyl/N-ethyl adjacent to an activating group) is 1. The lowest BCUT2D eigenvalue weighted by molar-refractivity contribution is -0.121. The second-order valence-electron chi connectivity index (χ2n) is 6.84. The predicted octanol–water partition coefficient (Wildman–Crippen LogP) is 3.98. The van der Waals surface area contributed by atoms with E-state index in [0.29, 0.717) is 16.4 Å². The lowest BCUT2D eigenvalue weighted by Crippen LogP contribution is -2.31. The molecule has 0 unspecified atom stereocenters. The molecule has 0 fully saturated rings. The van der Waals surface area contributed by atoms with Gasteiger partial charge in [0.15, 0.2) is 6.61 Å². The molecule has 0 aliphatic heterocycles. The maximum atomic E-state index is 13.0. The Labute approximate surface area is 191 Å². The van der Waals surface area contributed by atoms with Gasteiger partial charge in [0.1, 0.15) is 0 Å². The minimum Gasteiger partial charge on any atom is -0.452 e. The van der Waals surface area contributed by atoms with Crippen molar-refractivity contribution >= 4 is 44.9 Å². The van der Waals surface area contributed by atoms with Crippen LogP contribution in [0.4, 0.5) is 11.4 Å². The highest BCUT2D eigenvalue weighted by Gasteiger charge is 2.23. The summed E-state index contributed by atoms with van der Waals surface area (Å²) in [6.45, 7) is -0.483. The van der Waals surface area contributed by atoms with Crippen LogP contribution in [0.3, 0.4) is 0 Å². The zero-order chi connectivity index (χ0) is 23.3. The Balaban J connectivity index is 1.72. The third kappa shape index (κ3) is 5.27. The number of esters is 1. The zero-order valence-electron chi connectivity index (χ0n) is 17.4. The number of rotatable bonds is 7. The van der Waals surface area contributed by atoms with E-state index in [2.05, 4.69) is 0 Å². The third-order valence-electron chi connectivity index (χ3n) is 4.74. The molecule has 3 rings (SSSR count). The van der Waals surface area contributed by atoms with Crippen molar-refractivity contribution in [1.82, 2.24) is 0 Å². The molecule has 3 aromatic rings. The van der Waals surface area contributed by atoms with Crippen LogP contribution in [0.1, 0.15) is 10.4 Å². The standard InChI is InChI=1S/C23H21ClN2O5S/c1-25(19-10-4-3-5-11-19)22(27)16-31-23(28)17-8-6-13-21(14-17)32(29,30)26(2)20-12-7-9-18(24)15-20/h3-15H,16H2,1-2H3. The first-order chi connectivity index (χ1) is 15.2. The minimum absolute atomic E-state index is 0.0146. The molecule has 7 nitrogen and oxygen atoms in total. The van der Waals surface area contributed by atoms with Gasteiger partial charge in [-0.05, 0) is 48.5 Å². The van der Waals surface area contributed by atoms with Crippen molar-refractivity contribution in [2.75, 3.05) is 29.9 Å². The van der Waals surface area contributed by atoms with Crippen molar-refractivity contribution in [3.8, 4) is 0 Å². The number of benzene rings is 3. The fourth-order valence-corrected chi connectivity index (χ4v) is 4.27. The molecule has 0 aromatic heterocycles. The highest BCUT2D eigenvalue weighted by atomic mass is 35.5. The summed E-state index contributed by atoms with van der Waals surface area (Å²) in [7, 11) is -0.987. The summed E-state index contributed by atoms with van der Waals surface area (Å²) in [6.07, 6.45) is 0. The zero-order valence-corrected chi connectivity index (χ0v) is 19.0. The SMILES string of the molecule is CN(C(=O)COC(=O)c1cccc(S(=O)(=O)N(C)c2cccc(Cl)c2)c1)c1ccccc1. The number of nitrogens with zero attached hydrogens (tertiary/aromatic N) is 2. The number of amides is 1. The van der Waals surface area contributed by atoms with Gasteiger partial charge in [-0.3, -0.25) is 9.10 Å². The Hall–Kier alpha value is -3.36. The van der Waals surface area contributed by atoms with Crippen LogP contribution in [0.15, 0.2) is 83.8 Å². The van der Waals surface area contributed by atoms with Crippen LogP contribution in [-0.2, 0) is 19.6 Å². The van der Waals surface area contributed by atoms with E-state index in [1.54, 1.807) is 49.5 Å². The van der Waals surface area contributed by atoms with Crippen LogP contribution in [0.5, 0.6) is 0 Å². The van der Waals surface area contributed by atoms with E-state index in [1.807, 2.05) is 6.07 Å². The molecule has 0 saturated carbocycles. The second-order valence-corrected chi connectivity index (χ2v) is 9.25. The van der Waals surface area contributed by atoms with Crippen LogP contribution in [-0.4, -0.2) is 41.0 Å². The Bertz CT molecular complexity index is 1230. The van der Waals surface area contributed by atoms with Crippen LogP contribution in [0, 0.1) is 0 Å². The van der Waals surface area contributed by atoms with Gasteiger partial charge in [-0.2, -0.15) is 0 Å². The summed E-state index contributed by atoms with van der Waals surface area (Å²) in [4.78, 5) is 26.0. The number of hydrogen-bond acceptors (Lipinski definition) is 5. The van der Waals surface area contributed by atoms with Crippen molar-refractivity contribution < 1.29 is 22.7 Å². The molecule has 0 aliphatic carbocycles. The molecule has 0 saturated heterocycles. The van der Waals surface area contributed by atoms with E-state index in [-0.39, 0.29) is 10.5 Å². The van der Waals surface area contributed by atoms with E-state index in [1.165, 1.54) is 42.3 Å². The van der Waals surface area contributed by atoms with E-state index in [4.69, 9.17) is 16.3 Å². The number of ether oxygens (including phenoxy) is 1. The number of para-hydroxylation sites is 1. The Kier molecular flexibility index (Phi) is 7.17. The molecule has 32 heavy (non-hydrogen) atoms. The van der Waals surface area contributed by atoms with Crippen LogP contribution >= 0.6 is 11.6 Å². The average molecular weight is 473 g/mol. The first-order valence-corrected chi connectivity index (χ1v) is 11.4. The topological polar surface area (TPSA) is 84.0 Å². The van der Waals surface area contributed by atoms with E-state index in [9.17, 15) is 18.0 Å². The summed E-state index contributed by atoms with van der Waals surface area (Å²) in [5.41, 5.74) is 1.05. The van der Waals surface area contributed by atoms with Gasteiger partial charge in [0.25, 0.3) is 15.9 Å². The lowest BCUT2D eigenvalue weighted by Gasteiger charge is -2.20. The molecule has 166 valence electrons. The maximum absolute atomic E-state index is 13.0. The van der Waals surface area contributed by atoms with Gasteiger partial charge < -0.3 is 9.64 Å². The number of halogens is 1. The van der Waals surface area contributed by atoms with E-state index >= 15 is 0 Å². The molecule has 3 aromatic carbocycles. The van der Waals surface area contributed by atoms with E-state index in [0.717, 1.165) is 4.31 Å². The smallest absolute Gasteiger partial charge is 0.338 e. The van der Waals surface area contributed by atoms with Gasteiger partial charge in [-0.1, -0.05) is 41.9 Å². The molecule has 0 heterocycles. The molecular weight excluding hydrogens is 452 g/mol. The summed E-state index contributed by atoms with van der Waals surface area (Å²) >= 11 is 5.96. The number of anilines is 2. The van der Waals surface area contributed by atoms with Gasteiger partial charge in [-0.25, -0.2) is 13.2 Å². The largest absolute Gasteiger partial charge is 0.452 e. The Morgan fingerprint density at radius 2 is 1.53 bits per heavy atom. The van der Waals surface area contributed by atoms with E-state index < -0.39 is 28.5 Å². The van der Waals surface area contributed by atoms with Gasteiger partial charge in [-0.15, -0.1) is 0 Å². The van der Waals surface area contributed by atoms with Gasteiger partial charge in [0, 0.05) is 24.8 Å². The first kappa shape index (κ1) is 23.3. The molecular formula is C23H21ClN2O5S. The summed E-state index contributed by atoms with van der Waals surface area (Å²) < 4.78 is 32.2. The Morgan fingerprint density at radius 1 is 0.875 bits per heavy atom. The number of carbonyl (C=O) groups excluding carboxylic acids is 2. The van der Waals surface area contributed by atoms with Crippen LogP contribution in [0.25, 0.3) is 0 Å². The quantitative estimate of drug-likeness (QED) is 0.485. The van der Waals surface area contributed by atoms with Crippen LogP contribution in [0.2, 0.25) is 5.02 Å². The summed E-state index contributed by atoms with van der Waals surface area (Å²) in [5, 5.41) is 0.395. The van der Waals surface area contributed by atoms with Crippen molar-refractivity contribution in [1.29, 1.82) is 0 Å². The molecule has 0 radical (unpaired) electrons. The first-order valence-electron chi connectivity index (χ1n) is 9.53. The molecule has 0 spiro atoms. The molecule has 0 aliphatic rings. The maximum Gasteiger partial charge on any atom is 0.338 e. The molecule has 0 atom stereocenters. The van der Waals surface area contributed by atoms with Gasteiger partial charge >= 0.3 is 5.97 Å². The highest BCUT2D eigenvalue weighted by Crippen LogP contribution is 2.25. The predicted molar refractivity (Wildman–Crippen MR) is 124 cm³/mol. The van der Waals surface area contributed by atoms with Crippen LogP contribution < -0.4 is 9.21 Å². The summed E-state index contributed by atoms with van der Waals surface area (Å²) in [6, 6.07) is 20.8. The lowest BCUT2D eigenvalue weighted by atomic mass is 10.2. The van der Waals surface area contributed by atoms with Crippen molar-refractivity contribution in [3.63, 3.8) is 0 Å². The molecule has 0 bridgehead atoms. The normalized spacial score (nSPS) is 11.0. The molecule has 9 heteroatoms. The molecule has 1 amide bonds. The molecule has 0 N–H and O–H groups in total. The van der Waals surface area contributed by atoms with Gasteiger partial charge in [0.2, 0.25) is 0 Å². The fourth-order valence-electron chi connectivity index (χ4n) is 2.86. The van der Waals surface area contributed by atoms with Gasteiger partial charge in [0.05, 0.1) is 16.1 Å².